The molecule has 2 aromatic rings. The third-order valence-electron chi connectivity index (χ3n) is 2.99. The van der Waals surface area contributed by atoms with Gasteiger partial charge in [-0.25, -0.2) is 8.78 Å². The lowest BCUT2D eigenvalue weighted by atomic mass is 9.99. The highest BCUT2D eigenvalue weighted by molar-refractivity contribution is 5.65. The first-order valence-electron chi connectivity index (χ1n) is 6.14. The molecule has 2 rings (SSSR count). The van der Waals surface area contributed by atoms with E-state index in [4.69, 9.17) is 5.26 Å². The third kappa shape index (κ3) is 2.79. The topological polar surface area (TPSA) is 23.8 Å². The van der Waals surface area contributed by atoms with Crippen LogP contribution in [0.3, 0.4) is 0 Å². The van der Waals surface area contributed by atoms with Crippen molar-refractivity contribution in [2.45, 2.75) is 19.8 Å². The Balaban J connectivity index is 2.45. The van der Waals surface area contributed by atoms with Crippen molar-refractivity contribution < 1.29 is 8.78 Å². The van der Waals surface area contributed by atoms with Crippen LogP contribution in [0.15, 0.2) is 36.4 Å². The Kier molecular flexibility index (Phi) is 3.91. The van der Waals surface area contributed by atoms with E-state index in [1.165, 1.54) is 18.2 Å². The van der Waals surface area contributed by atoms with Crippen LogP contribution in [-0.2, 0) is 6.42 Å². The summed E-state index contributed by atoms with van der Waals surface area (Å²) in [4.78, 5) is 0. The number of aryl methyl sites for hydroxylation is 1. The molecule has 0 amide bonds. The maximum atomic E-state index is 13.6. The van der Waals surface area contributed by atoms with Crippen LogP contribution in [0.4, 0.5) is 8.78 Å². The number of benzene rings is 2. The summed E-state index contributed by atoms with van der Waals surface area (Å²) in [6, 6.07) is 11.0. The Morgan fingerprint density at radius 1 is 1.00 bits per heavy atom. The molecule has 0 heterocycles. The van der Waals surface area contributed by atoms with E-state index in [-0.39, 0.29) is 11.4 Å². The van der Waals surface area contributed by atoms with Gasteiger partial charge in [0.1, 0.15) is 17.7 Å². The summed E-state index contributed by atoms with van der Waals surface area (Å²) in [6.45, 7) is 1.98. The molecule has 0 radical (unpaired) electrons. The summed E-state index contributed by atoms with van der Waals surface area (Å²) in [7, 11) is 0. The van der Waals surface area contributed by atoms with Crippen LogP contribution in [0.1, 0.15) is 24.5 Å². The standard InChI is InChI=1S/C16H13F2N/c1-2-3-13-8-11(6-7-15(13)17)12-4-5-14(10-19)16(18)9-12/h4-9H,2-3H2,1H3. The summed E-state index contributed by atoms with van der Waals surface area (Å²) in [5.74, 6) is -0.791. The minimum absolute atomic E-state index is 0.0136. The average molecular weight is 257 g/mol. The van der Waals surface area contributed by atoms with E-state index in [1.54, 1.807) is 24.3 Å². The summed E-state index contributed by atoms with van der Waals surface area (Å²) in [5, 5.41) is 8.69. The Morgan fingerprint density at radius 3 is 2.32 bits per heavy atom. The fraction of sp³-hybridized carbons (Fsp3) is 0.188. The first-order valence-corrected chi connectivity index (χ1v) is 6.14. The van der Waals surface area contributed by atoms with E-state index in [9.17, 15) is 8.78 Å². The lowest BCUT2D eigenvalue weighted by molar-refractivity contribution is 0.607. The SMILES string of the molecule is CCCc1cc(-c2ccc(C#N)c(F)c2)ccc1F. The molecule has 0 aromatic heterocycles. The van der Waals surface area contributed by atoms with Crippen LogP contribution >= 0.6 is 0 Å². The maximum Gasteiger partial charge on any atom is 0.141 e. The zero-order valence-electron chi connectivity index (χ0n) is 10.6. The van der Waals surface area contributed by atoms with E-state index in [0.29, 0.717) is 17.5 Å². The van der Waals surface area contributed by atoms with Gasteiger partial charge in [0.15, 0.2) is 0 Å². The van der Waals surface area contributed by atoms with E-state index in [1.807, 2.05) is 6.92 Å². The highest BCUT2D eigenvalue weighted by Crippen LogP contribution is 2.24. The Bertz CT molecular complexity index is 642. The quantitative estimate of drug-likeness (QED) is 0.796. The van der Waals surface area contributed by atoms with Crippen molar-refractivity contribution >= 4 is 0 Å². The molecule has 2 aromatic carbocycles. The summed E-state index contributed by atoms with van der Waals surface area (Å²) in [6.07, 6.45) is 1.50. The van der Waals surface area contributed by atoms with Crippen LogP contribution in [-0.4, -0.2) is 0 Å². The van der Waals surface area contributed by atoms with Crippen molar-refractivity contribution in [3.8, 4) is 17.2 Å². The van der Waals surface area contributed by atoms with Gasteiger partial charge in [-0.05, 0) is 47.4 Å². The van der Waals surface area contributed by atoms with Gasteiger partial charge in [-0.3, -0.25) is 0 Å². The summed E-state index contributed by atoms with van der Waals surface area (Å²) in [5.41, 5.74) is 2.05. The number of hydrogen-bond donors (Lipinski definition) is 0. The molecular weight excluding hydrogens is 244 g/mol. The third-order valence-corrected chi connectivity index (χ3v) is 2.99. The molecule has 0 fully saturated rings. The molecule has 1 nitrogen and oxygen atoms in total. The second kappa shape index (κ2) is 5.62. The second-order valence-electron chi connectivity index (χ2n) is 4.36. The predicted octanol–water partition coefficient (Wildman–Crippen LogP) is 4.46. The highest BCUT2D eigenvalue weighted by Gasteiger charge is 2.07. The zero-order valence-corrected chi connectivity index (χ0v) is 10.6. The maximum absolute atomic E-state index is 13.6. The molecule has 0 aliphatic rings. The number of nitrogens with zero attached hydrogens (tertiary/aromatic N) is 1. The van der Waals surface area contributed by atoms with Gasteiger partial charge in [0, 0.05) is 0 Å². The fourth-order valence-electron chi connectivity index (χ4n) is 2.00. The second-order valence-corrected chi connectivity index (χ2v) is 4.36. The molecule has 19 heavy (non-hydrogen) atoms. The molecule has 0 saturated heterocycles. The normalized spacial score (nSPS) is 10.2. The monoisotopic (exact) mass is 257 g/mol. The van der Waals surface area contributed by atoms with Crippen molar-refractivity contribution in [1.29, 1.82) is 5.26 Å². The molecule has 0 bridgehead atoms. The first kappa shape index (κ1) is 13.2. The molecule has 0 spiro atoms. The lowest BCUT2D eigenvalue weighted by Crippen LogP contribution is -1.92. The van der Waals surface area contributed by atoms with Crippen LogP contribution < -0.4 is 0 Å². The van der Waals surface area contributed by atoms with Crippen molar-refractivity contribution in [1.82, 2.24) is 0 Å². The molecule has 3 heteroatoms. The van der Waals surface area contributed by atoms with E-state index in [0.717, 1.165) is 12.0 Å². The molecule has 0 aliphatic heterocycles. The number of hydrogen-bond acceptors (Lipinski definition) is 1. The van der Waals surface area contributed by atoms with Crippen LogP contribution in [0.5, 0.6) is 0 Å². The molecule has 0 N–H and O–H groups in total. The Hall–Kier alpha value is -2.21. The van der Waals surface area contributed by atoms with Gasteiger partial charge in [-0.2, -0.15) is 5.26 Å². The van der Waals surface area contributed by atoms with Gasteiger partial charge in [0.05, 0.1) is 5.56 Å². The zero-order chi connectivity index (χ0) is 13.8. The molecule has 96 valence electrons. The van der Waals surface area contributed by atoms with Crippen molar-refractivity contribution in [3.63, 3.8) is 0 Å². The molecule has 0 atom stereocenters. The lowest BCUT2D eigenvalue weighted by Gasteiger charge is -2.07. The largest absolute Gasteiger partial charge is 0.207 e. The smallest absolute Gasteiger partial charge is 0.141 e. The molecule has 0 aliphatic carbocycles. The highest BCUT2D eigenvalue weighted by atomic mass is 19.1. The first-order chi connectivity index (χ1) is 9.15. The summed E-state index contributed by atoms with van der Waals surface area (Å²) < 4.78 is 27.1. The van der Waals surface area contributed by atoms with Gasteiger partial charge < -0.3 is 0 Å². The van der Waals surface area contributed by atoms with E-state index >= 15 is 0 Å². The van der Waals surface area contributed by atoms with Crippen molar-refractivity contribution in [2.24, 2.45) is 0 Å². The fourth-order valence-corrected chi connectivity index (χ4v) is 2.00. The van der Waals surface area contributed by atoms with Crippen LogP contribution in [0.25, 0.3) is 11.1 Å². The minimum atomic E-state index is -0.554. The molecule has 0 unspecified atom stereocenters. The average Bonchev–Trinajstić information content (AvgIpc) is 2.41. The number of nitriles is 1. The van der Waals surface area contributed by atoms with E-state index < -0.39 is 5.82 Å². The van der Waals surface area contributed by atoms with Gasteiger partial charge >= 0.3 is 0 Å². The Labute approximate surface area is 111 Å². The van der Waals surface area contributed by atoms with Crippen molar-refractivity contribution in [3.05, 3.63) is 59.2 Å². The Morgan fingerprint density at radius 2 is 1.68 bits per heavy atom. The number of rotatable bonds is 3. The minimum Gasteiger partial charge on any atom is -0.207 e. The van der Waals surface area contributed by atoms with E-state index in [2.05, 4.69) is 0 Å². The molecule has 0 saturated carbocycles. The predicted molar refractivity (Wildman–Crippen MR) is 70.5 cm³/mol. The summed E-state index contributed by atoms with van der Waals surface area (Å²) >= 11 is 0. The van der Waals surface area contributed by atoms with Crippen LogP contribution in [0, 0.1) is 23.0 Å². The van der Waals surface area contributed by atoms with Gasteiger partial charge in [0.2, 0.25) is 0 Å². The van der Waals surface area contributed by atoms with Crippen LogP contribution in [0.2, 0.25) is 0 Å². The number of halogens is 2. The van der Waals surface area contributed by atoms with Crippen molar-refractivity contribution in [2.75, 3.05) is 0 Å². The van der Waals surface area contributed by atoms with Gasteiger partial charge in [0.25, 0.3) is 0 Å². The molecular formula is C16H13F2N. The van der Waals surface area contributed by atoms with Gasteiger partial charge in [-0.1, -0.05) is 25.5 Å². The van der Waals surface area contributed by atoms with Gasteiger partial charge in [-0.15, -0.1) is 0 Å².